The highest BCUT2D eigenvalue weighted by Crippen LogP contribution is 2.26. The van der Waals surface area contributed by atoms with Gasteiger partial charge in [0.2, 0.25) is 0 Å². The average molecular weight is 367 g/mol. The highest BCUT2D eigenvalue weighted by molar-refractivity contribution is 5.80. The summed E-state index contributed by atoms with van der Waals surface area (Å²) in [6, 6.07) is 4.11. The first kappa shape index (κ1) is 20.4. The Bertz CT molecular complexity index is 569. The fraction of sp³-hybridized carbons (Fsp3) is 0.632. The molecule has 0 bridgehead atoms. The van der Waals surface area contributed by atoms with Gasteiger partial charge in [-0.25, -0.2) is 8.78 Å². The summed E-state index contributed by atoms with van der Waals surface area (Å²) in [5.41, 5.74) is 0.0685. The van der Waals surface area contributed by atoms with Gasteiger partial charge in [0.15, 0.2) is 5.96 Å². The first-order valence-corrected chi connectivity index (χ1v) is 9.47. The van der Waals surface area contributed by atoms with Crippen LogP contribution in [0.4, 0.5) is 14.5 Å². The molecule has 1 saturated heterocycles. The molecular weight excluding hydrogens is 336 g/mol. The van der Waals surface area contributed by atoms with Gasteiger partial charge in [0, 0.05) is 32.7 Å². The normalized spacial score (nSPS) is 17.8. The highest BCUT2D eigenvalue weighted by Gasteiger charge is 2.27. The van der Waals surface area contributed by atoms with Gasteiger partial charge < -0.3 is 20.4 Å². The van der Waals surface area contributed by atoms with Crippen molar-refractivity contribution in [2.45, 2.75) is 32.7 Å². The Hall–Kier alpha value is -1.89. The molecule has 146 valence electrons. The molecule has 0 amide bonds. The van der Waals surface area contributed by atoms with E-state index in [0.29, 0.717) is 13.1 Å². The van der Waals surface area contributed by atoms with Gasteiger partial charge in [0.25, 0.3) is 0 Å². The molecule has 7 heteroatoms. The number of anilines is 1. The molecular formula is C19H31F2N5. The van der Waals surface area contributed by atoms with Crippen molar-refractivity contribution < 1.29 is 8.78 Å². The van der Waals surface area contributed by atoms with E-state index in [0.717, 1.165) is 45.0 Å². The number of hydrogen-bond donors (Lipinski definition) is 2. The lowest BCUT2D eigenvalue weighted by atomic mass is 10.2. The summed E-state index contributed by atoms with van der Waals surface area (Å²) in [5, 5.41) is 6.68. The molecule has 0 spiro atoms. The van der Waals surface area contributed by atoms with Crippen LogP contribution >= 0.6 is 0 Å². The summed E-state index contributed by atoms with van der Waals surface area (Å²) in [7, 11) is 1.74. The Morgan fingerprint density at radius 3 is 2.58 bits per heavy atom. The topological polar surface area (TPSA) is 42.9 Å². The van der Waals surface area contributed by atoms with Crippen LogP contribution < -0.4 is 15.5 Å². The molecule has 2 rings (SSSR count). The molecule has 1 aromatic carbocycles. The van der Waals surface area contributed by atoms with Crippen molar-refractivity contribution in [3.05, 3.63) is 29.8 Å². The third kappa shape index (κ3) is 5.56. The van der Waals surface area contributed by atoms with Crippen molar-refractivity contribution in [1.29, 1.82) is 0 Å². The van der Waals surface area contributed by atoms with Gasteiger partial charge in [-0.05, 0) is 44.6 Å². The van der Waals surface area contributed by atoms with Gasteiger partial charge >= 0.3 is 0 Å². The van der Waals surface area contributed by atoms with Crippen molar-refractivity contribution >= 4 is 11.6 Å². The van der Waals surface area contributed by atoms with Gasteiger partial charge in [-0.3, -0.25) is 4.99 Å². The minimum Gasteiger partial charge on any atom is -0.365 e. The number of aliphatic imine (C=N–C) groups is 1. The average Bonchev–Trinajstić information content (AvgIpc) is 3.08. The minimum atomic E-state index is -0.510. The van der Waals surface area contributed by atoms with Gasteiger partial charge in [0.1, 0.15) is 17.3 Å². The third-order valence-electron chi connectivity index (χ3n) is 4.84. The molecule has 1 atom stereocenters. The molecule has 1 aromatic rings. The van der Waals surface area contributed by atoms with Crippen LogP contribution in [-0.4, -0.2) is 63.2 Å². The summed E-state index contributed by atoms with van der Waals surface area (Å²) in [6.45, 7) is 9.53. The van der Waals surface area contributed by atoms with E-state index in [1.807, 2.05) is 0 Å². The molecule has 5 nitrogen and oxygen atoms in total. The second-order valence-electron chi connectivity index (χ2n) is 6.53. The molecule has 0 radical (unpaired) electrons. The van der Waals surface area contributed by atoms with Crippen molar-refractivity contribution in [3.63, 3.8) is 0 Å². The van der Waals surface area contributed by atoms with E-state index in [2.05, 4.69) is 34.4 Å². The predicted octanol–water partition coefficient (Wildman–Crippen LogP) is 2.44. The maximum absolute atomic E-state index is 13.9. The SMILES string of the molecule is CCN(CC)CCCNC(=NC)NC1CCN(c2c(F)cccc2F)C1. The van der Waals surface area contributed by atoms with Crippen LogP contribution in [0, 0.1) is 11.6 Å². The van der Waals surface area contributed by atoms with Crippen molar-refractivity contribution in [2.75, 3.05) is 51.2 Å². The van der Waals surface area contributed by atoms with Crippen molar-refractivity contribution in [2.24, 2.45) is 4.99 Å². The number of nitrogens with zero attached hydrogens (tertiary/aromatic N) is 3. The molecule has 1 unspecified atom stereocenters. The Morgan fingerprint density at radius 1 is 1.27 bits per heavy atom. The first-order valence-electron chi connectivity index (χ1n) is 9.47. The Balaban J connectivity index is 1.79. The molecule has 26 heavy (non-hydrogen) atoms. The van der Waals surface area contributed by atoms with E-state index in [1.165, 1.54) is 18.2 Å². The quantitative estimate of drug-likeness (QED) is 0.421. The fourth-order valence-electron chi connectivity index (χ4n) is 3.31. The fourth-order valence-corrected chi connectivity index (χ4v) is 3.31. The van der Waals surface area contributed by atoms with Crippen LogP contribution in [-0.2, 0) is 0 Å². The summed E-state index contributed by atoms with van der Waals surface area (Å²) < 4.78 is 27.9. The lowest BCUT2D eigenvalue weighted by Gasteiger charge is -2.22. The van der Waals surface area contributed by atoms with E-state index >= 15 is 0 Å². The number of benzene rings is 1. The van der Waals surface area contributed by atoms with E-state index in [9.17, 15) is 8.78 Å². The van der Waals surface area contributed by atoms with Crippen LogP contribution in [0.15, 0.2) is 23.2 Å². The van der Waals surface area contributed by atoms with Crippen molar-refractivity contribution in [1.82, 2.24) is 15.5 Å². The second-order valence-corrected chi connectivity index (χ2v) is 6.53. The van der Waals surface area contributed by atoms with Gasteiger partial charge in [-0.2, -0.15) is 0 Å². The van der Waals surface area contributed by atoms with Crippen LogP contribution in [0.5, 0.6) is 0 Å². The number of para-hydroxylation sites is 1. The first-order chi connectivity index (χ1) is 12.6. The van der Waals surface area contributed by atoms with E-state index < -0.39 is 11.6 Å². The van der Waals surface area contributed by atoms with Crippen LogP contribution in [0.3, 0.4) is 0 Å². The predicted molar refractivity (Wildman–Crippen MR) is 104 cm³/mol. The maximum Gasteiger partial charge on any atom is 0.191 e. The van der Waals surface area contributed by atoms with Crippen LogP contribution in [0.1, 0.15) is 26.7 Å². The highest BCUT2D eigenvalue weighted by atomic mass is 19.1. The van der Waals surface area contributed by atoms with E-state index in [-0.39, 0.29) is 11.7 Å². The summed E-state index contributed by atoms with van der Waals surface area (Å²) in [6.07, 6.45) is 1.85. The molecule has 2 N–H and O–H groups in total. The van der Waals surface area contributed by atoms with E-state index in [4.69, 9.17) is 0 Å². The van der Waals surface area contributed by atoms with Crippen molar-refractivity contribution in [3.8, 4) is 0 Å². The number of nitrogens with one attached hydrogen (secondary N) is 2. The lowest BCUT2D eigenvalue weighted by Crippen LogP contribution is -2.45. The molecule has 1 aliphatic rings. The Morgan fingerprint density at radius 2 is 1.96 bits per heavy atom. The smallest absolute Gasteiger partial charge is 0.191 e. The zero-order chi connectivity index (χ0) is 18.9. The second kappa shape index (κ2) is 10.3. The van der Waals surface area contributed by atoms with Gasteiger partial charge in [-0.1, -0.05) is 19.9 Å². The van der Waals surface area contributed by atoms with Crippen LogP contribution in [0.2, 0.25) is 0 Å². The molecule has 1 aliphatic heterocycles. The zero-order valence-corrected chi connectivity index (χ0v) is 16.1. The number of hydrogen-bond acceptors (Lipinski definition) is 3. The van der Waals surface area contributed by atoms with Crippen LogP contribution in [0.25, 0.3) is 0 Å². The Labute approximate surface area is 155 Å². The summed E-state index contributed by atoms with van der Waals surface area (Å²) in [5.74, 6) is -0.278. The van der Waals surface area contributed by atoms with Gasteiger partial charge in [-0.15, -0.1) is 0 Å². The standard InChI is InChI=1S/C19H31F2N5/c1-4-25(5-2)12-7-11-23-19(22-3)24-15-10-13-26(14-15)18-16(20)8-6-9-17(18)21/h6,8-9,15H,4-5,7,10-14H2,1-3H3,(H2,22,23,24). The number of rotatable bonds is 8. The largest absolute Gasteiger partial charge is 0.365 e. The maximum atomic E-state index is 13.9. The molecule has 0 saturated carbocycles. The molecule has 1 heterocycles. The number of halogens is 2. The van der Waals surface area contributed by atoms with Gasteiger partial charge in [0.05, 0.1) is 0 Å². The summed E-state index contributed by atoms with van der Waals surface area (Å²) in [4.78, 5) is 8.40. The Kier molecular flexibility index (Phi) is 8.09. The monoisotopic (exact) mass is 367 g/mol. The summed E-state index contributed by atoms with van der Waals surface area (Å²) >= 11 is 0. The molecule has 0 aromatic heterocycles. The van der Waals surface area contributed by atoms with E-state index in [1.54, 1.807) is 11.9 Å². The minimum absolute atomic E-state index is 0.0685. The third-order valence-corrected chi connectivity index (χ3v) is 4.84. The molecule has 1 fully saturated rings. The lowest BCUT2D eigenvalue weighted by molar-refractivity contribution is 0.300. The zero-order valence-electron chi connectivity index (χ0n) is 16.1. The number of guanidine groups is 1. The molecule has 0 aliphatic carbocycles.